The number of carbonyl (C=O) groups is 1. The van der Waals surface area contributed by atoms with Crippen molar-refractivity contribution in [2.45, 2.75) is 32.5 Å². The summed E-state index contributed by atoms with van der Waals surface area (Å²) in [6.45, 7) is 5.72. The number of carbonyl (C=O) groups excluding carboxylic acids is 1. The molecule has 2 aromatic heterocycles. The van der Waals surface area contributed by atoms with Crippen LogP contribution in [0.15, 0.2) is 24.5 Å². The number of morpholine rings is 1. The second kappa shape index (κ2) is 8.49. The summed E-state index contributed by atoms with van der Waals surface area (Å²) in [6.07, 6.45) is 3.80. The molecule has 8 heteroatoms. The fourth-order valence-electron chi connectivity index (χ4n) is 2.54. The topological polar surface area (TPSA) is 67.7 Å². The molecule has 1 saturated heterocycles. The zero-order valence-electron chi connectivity index (χ0n) is 13.1. The highest BCUT2D eigenvalue weighted by Crippen LogP contribution is 2.08. The zero-order valence-corrected chi connectivity index (χ0v) is 14.7. The Bertz CT molecular complexity index is 662. The first kappa shape index (κ1) is 19.7. The monoisotopic (exact) mass is 360 g/mol. The maximum absolute atomic E-state index is 12.2. The fraction of sp³-hybridized carbons (Fsp3) is 0.467. The summed E-state index contributed by atoms with van der Waals surface area (Å²) < 4.78 is 7.44. The molecule has 1 aliphatic rings. The Morgan fingerprint density at radius 3 is 3.04 bits per heavy atom. The van der Waals surface area contributed by atoms with Crippen LogP contribution in [0.1, 0.15) is 18.2 Å². The third-order valence-corrected chi connectivity index (χ3v) is 3.71. The van der Waals surface area contributed by atoms with E-state index in [1.54, 1.807) is 0 Å². The molecular formula is C15H22Cl2N4O2. The van der Waals surface area contributed by atoms with Gasteiger partial charge in [-0.15, -0.1) is 24.8 Å². The van der Waals surface area contributed by atoms with Crippen LogP contribution in [0.4, 0.5) is 0 Å². The number of halogens is 2. The van der Waals surface area contributed by atoms with Crippen LogP contribution in [0.25, 0.3) is 5.65 Å². The lowest BCUT2D eigenvalue weighted by Gasteiger charge is -2.29. The third kappa shape index (κ3) is 4.57. The fourth-order valence-corrected chi connectivity index (χ4v) is 2.54. The highest BCUT2D eigenvalue weighted by molar-refractivity contribution is 5.85. The van der Waals surface area contributed by atoms with Crippen molar-refractivity contribution in [1.29, 1.82) is 0 Å². The van der Waals surface area contributed by atoms with Crippen molar-refractivity contribution in [3.8, 4) is 0 Å². The lowest BCUT2D eigenvalue weighted by Crippen LogP contribution is -2.55. The van der Waals surface area contributed by atoms with Crippen molar-refractivity contribution in [2.75, 3.05) is 13.2 Å². The third-order valence-electron chi connectivity index (χ3n) is 3.71. The maximum Gasteiger partial charge on any atom is 0.240 e. The summed E-state index contributed by atoms with van der Waals surface area (Å²) in [4.78, 5) is 16.7. The molecular weight excluding hydrogens is 339 g/mol. The van der Waals surface area contributed by atoms with Crippen LogP contribution >= 0.6 is 24.8 Å². The van der Waals surface area contributed by atoms with E-state index in [9.17, 15) is 4.79 Å². The van der Waals surface area contributed by atoms with E-state index in [2.05, 4.69) is 15.6 Å². The van der Waals surface area contributed by atoms with Crippen molar-refractivity contribution < 1.29 is 9.53 Å². The smallest absolute Gasteiger partial charge is 0.240 e. The van der Waals surface area contributed by atoms with Gasteiger partial charge in [0.05, 0.1) is 24.9 Å². The van der Waals surface area contributed by atoms with Crippen molar-refractivity contribution >= 4 is 36.4 Å². The van der Waals surface area contributed by atoms with Gasteiger partial charge in [0.1, 0.15) is 11.7 Å². The van der Waals surface area contributed by atoms with E-state index in [0.29, 0.717) is 19.7 Å². The summed E-state index contributed by atoms with van der Waals surface area (Å²) in [6, 6.07) is 3.75. The van der Waals surface area contributed by atoms with Gasteiger partial charge in [0.15, 0.2) is 0 Å². The number of pyridine rings is 1. The molecule has 1 amide bonds. The number of nitrogens with zero attached hydrogens (tertiary/aromatic N) is 2. The lowest BCUT2D eigenvalue weighted by molar-refractivity contribution is -0.129. The van der Waals surface area contributed by atoms with E-state index in [1.807, 2.05) is 42.8 Å². The molecule has 0 aliphatic carbocycles. The number of hydrogen-bond donors (Lipinski definition) is 2. The first-order valence-electron chi connectivity index (χ1n) is 7.20. The first-order valence-corrected chi connectivity index (χ1v) is 7.20. The van der Waals surface area contributed by atoms with Gasteiger partial charge in [0.25, 0.3) is 0 Å². The molecule has 0 radical (unpaired) electrons. The quantitative estimate of drug-likeness (QED) is 0.869. The highest BCUT2D eigenvalue weighted by Gasteiger charge is 2.27. The second-order valence-electron chi connectivity index (χ2n) is 5.43. The summed E-state index contributed by atoms with van der Waals surface area (Å²) in [7, 11) is 0. The van der Waals surface area contributed by atoms with Gasteiger partial charge in [-0.3, -0.25) is 4.79 Å². The molecule has 3 heterocycles. The average Bonchev–Trinajstić information content (AvgIpc) is 2.87. The van der Waals surface area contributed by atoms with Gasteiger partial charge in [0, 0.05) is 18.9 Å². The lowest BCUT2D eigenvalue weighted by atomic mass is 10.1. The minimum atomic E-state index is -0.293. The molecule has 2 N–H and O–H groups in total. The van der Waals surface area contributed by atoms with E-state index in [-0.39, 0.29) is 42.9 Å². The Morgan fingerprint density at radius 2 is 2.30 bits per heavy atom. The summed E-state index contributed by atoms with van der Waals surface area (Å²) in [5.41, 5.74) is 2.91. The molecule has 6 nitrogen and oxygen atoms in total. The van der Waals surface area contributed by atoms with Crippen molar-refractivity contribution in [1.82, 2.24) is 20.0 Å². The Labute approximate surface area is 147 Å². The number of ether oxygens (including phenoxy) is 1. The summed E-state index contributed by atoms with van der Waals surface area (Å²) in [5.74, 6) is -0.0459. The number of amides is 1. The van der Waals surface area contributed by atoms with Gasteiger partial charge in [-0.25, -0.2) is 4.98 Å². The maximum atomic E-state index is 12.2. The van der Waals surface area contributed by atoms with Crippen LogP contribution < -0.4 is 10.6 Å². The minimum Gasteiger partial charge on any atom is -0.375 e. The molecule has 23 heavy (non-hydrogen) atoms. The average molecular weight is 361 g/mol. The Balaban J connectivity index is 0.00000132. The largest absolute Gasteiger partial charge is 0.375 e. The molecule has 1 aliphatic heterocycles. The molecule has 1 fully saturated rings. The van der Waals surface area contributed by atoms with Crippen LogP contribution in [0.2, 0.25) is 0 Å². The summed E-state index contributed by atoms with van der Waals surface area (Å²) >= 11 is 0. The first-order chi connectivity index (χ1) is 10.1. The number of aryl methyl sites for hydroxylation is 1. The minimum absolute atomic E-state index is 0. The molecule has 2 atom stereocenters. The van der Waals surface area contributed by atoms with Gasteiger partial charge in [-0.05, 0) is 31.5 Å². The normalized spacial score (nSPS) is 20.4. The standard InChI is InChI=1S/C15H20N4O2.2ClH/c1-10-3-5-19-9-12(18-13(19)7-10)8-17-15(20)14-11(2)21-6-4-16-14;;/h3,5,7,9,11,14,16H,4,6,8H2,1-2H3,(H,17,20);2*1H/t11-,14+;;/m1../s1. The van der Waals surface area contributed by atoms with Gasteiger partial charge < -0.3 is 19.8 Å². The SMILES string of the molecule is Cc1ccn2cc(CNC(=O)[C@H]3NCCO[C@@H]3C)nc2c1.Cl.Cl. The van der Waals surface area contributed by atoms with Gasteiger partial charge in [-0.2, -0.15) is 0 Å². The number of aromatic nitrogens is 2. The Kier molecular flexibility index (Phi) is 7.28. The highest BCUT2D eigenvalue weighted by atomic mass is 35.5. The number of rotatable bonds is 3. The molecule has 0 bridgehead atoms. The Hall–Kier alpha value is -1.34. The molecule has 0 spiro atoms. The number of imidazole rings is 1. The molecule has 0 unspecified atom stereocenters. The molecule has 0 saturated carbocycles. The van der Waals surface area contributed by atoms with Crippen molar-refractivity contribution in [3.05, 3.63) is 35.8 Å². The van der Waals surface area contributed by atoms with Gasteiger partial charge >= 0.3 is 0 Å². The molecule has 2 aromatic rings. The van der Waals surface area contributed by atoms with Crippen molar-refractivity contribution in [2.24, 2.45) is 0 Å². The van der Waals surface area contributed by atoms with Gasteiger partial charge in [0.2, 0.25) is 5.91 Å². The van der Waals surface area contributed by atoms with E-state index >= 15 is 0 Å². The van der Waals surface area contributed by atoms with Crippen molar-refractivity contribution in [3.63, 3.8) is 0 Å². The number of hydrogen-bond acceptors (Lipinski definition) is 4. The predicted octanol–water partition coefficient (Wildman–Crippen LogP) is 1.48. The van der Waals surface area contributed by atoms with Gasteiger partial charge in [-0.1, -0.05) is 0 Å². The number of nitrogens with one attached hydrogen (secondary N) is 2. The Morgan fingerprint density at radius 1 is 1.52 bits per heavy atom. The van der Waals surface area contributed by atoms with Crippen LogP contribution in [0, 0.1) is 6.92 Å². The van der Waals surface area contributed by atoms with Crippen LogP contribution in [0.5, 0.6) is 0 Å². The summed E-state index contributed by atoms with van der Waals surface area (Å²) in [5, 5.41) is 6.09. The second-order valence-corrected chi connectivity index (χ2v) is 5.43. The molecule has 128 valence electrons. The van der Waals surface area contributed by atoms with Crippen LogP contribution in [-0.2, 0) is 16.1 Å². The zero-order chi connectivity index (χ0) is 14.8. The van der Waals surface area contributed by atoms with Crippen LogP contribution in [-0.4, -0.2) is 40.6 Å². The van der Waals surface area contributed by atoms with E-state index < -0.39 is 0 Å². The predicted molar refractivity (Wildman–Crippen MR) is 93.5 cm³/mol. The van der Waals surface area contributed by atoms with Crippen LogP contribution in [0.3, 0.4) is 0 Å². The van der Waals surface area contributed by atoms with E-state index in [4.69, 9.17) is 4.74 Å². The van der Waals surface area contributed by atoms with E-state index in [0.717, 1.165) is 11.3 Å². The van der Waals surface area contributed by atoms with E-state index in [1.165, 1.54) is 5.56 Å². The molecule has 0 aromatic carbocycles. The molecule has 3 rings (SSSR count). The number of fused-ring (bicyclic) bond motifs is 1.